The van der Waals surface area contributed by atoms with Gasteiger partial charge in [-0.3, -0.25) is 0 Å². The molecule has 1 atom stereocenters. The first kappa shape index (κ1) is 11.3. The smallest absolute Gasteiger partial charge is 0.0435 e. The van der Waals surface area contributed by atoms with Gasteiger partial charge in [0, 0.05) is 15.7 Å². The number of nitrogens with one attached hydrogen (secondary N) is 1. The van der Waals surface area contributed by atoms with Crippen LogP contribution in [0.15, 0.2) is 23.1 Å². The van der Waals surface area contributed by atoms with Gasteiger partial charge in [0.15, 0.2) is 0 Å². The molecule has 15 heavy (non-hydrogen) atoms. The van der Waals surface area contributed by atoms with Crippen LogP contribution >= 0.6 is 23.4 Å². The molecule has 0 amide bonds. The lowest BCUT2D eigenvalue weighted by Gasteiger charge is -2.08. The molecular weight excluding hydrogens is 226 g/mol. The second-order valence-corrected chi connectivity index (χ2v) is 5.58. The summed E-state index contributed by atoms with van der Waals surface area (Å²) in [5.41, 5.74) is 1.17. The third-order valence-electron chi connectivity index (χ3n) is 2.78. The van der Waals surface area contributed by atoms with E-state index in [1.807, 2.05) is 17.8 Å². The highest BCUT2D eigenvalue weighted by molar-refractivity contribution is 7.99. The van der Waals surface area contributed by atoms with Crippen molar-refractivity contribution in [3.05, 3.63) is 28.8 Å². The zero-order chi connectivity index (χ0) is 10.7. The lowest BCUT2D eigenvalue weighted by molar-refractivity contribution is 0.662. The topological polar surface area (TPSA) is 12.0 Å². The van der Waals surface area contributed by atoms with Crippen LogP contribution in [-0.4, -0.2) is 18.8 Å². The quantitative estimate of drug-likeness (QED) is 0.815. The fourth-order valence-corrected chi connectivity index (χ4v) is 3.03. The van der Waals surface area contributed by atoms with E-state index in [9.17, 15) is 0 Å². The summed E-state index contributed by atoms with van der Waals surface area (Å²) in [6.07, 6.45) is 1.32. The van der Waals surface area contributed by atoms with E-state index >= 15 is 0 Å². The Morgan fingerprint density at radius 2 is 2.40 bits per heavy atom. The monoisotopic (exact) mass is 241 g/mol. The standard InChI is InChI=1S/C12H16ClNS/c1-9-6-11(2-3-12(9)13)15-8-10-4-5-14-7-10/h2-3,6,10,14H,4-5,7-8H2,1H3. The highest BCUT2D eigenvalue weighted by Crippen LogP contribution is 2.26. The van der Waals surface area contributed by atoms with Gasteiger partial charge in [-0.2, -0.15) is 0 Å². The van der Waals surface area contributed by atoms with Crippen LogP contribution in [0.3, 0.4) is 0 Å². The van der Waals surface area contributed by atoms with Gasteiger partial charge < -0.3 is 5.32 Å². The summed E-state index contributed by atoms with van der Waals surface area (Å²) in [4.78, 5) is 1.34. The number of benzene rings is 1. The zero-order valence-corrected chi connectivity index (χ0v) is 10.5. The van der Waals surface area contributed by atoms with Crippen LogP contribution in [0.1, 0.15) is 12.0 Å². The van der Waals surface area contributed by atoms with Gasteiger partial charge in [-0.15, -0.1) is 11.8 Å². The Labute approximate surface area is 101 Å². The van der Waals surface area contributed by atoms with Crippen molar-refractivity contribution in [2.24, 2.45) is 5.92 Å². The van der Waals surface area contributed by atoms with E-state index in [0.717, 1.165) is 10.9 Å². The highest BCUT2D eigenvalue weighted by atomic mass is 35.5. The summed E-state index contributed by atoms with van der Waals surface area (Å²) in [5.74, 6) is 2.06. The molecule has 3 heteroatoms. The molecule has 1 heterocycles. The van der Waals surface area contributed by atoms with Gasteiger partial charge in [-0.1, -0.05) is 11.6 Å². The summed E-state index contributed by atoms with van der Waals surface area (Å²) >= 11 is 7.93. The number of aryl methyl sites for hydroxylation is 1. The Morgan fingerprint density at radius 1 is 1.53 bits per heavy atom. The predicted molar refractivity (Wildman–Crippen MR) is 67.9 cm³/mol. The average Bonchev–Trinajstić information content (AvgIpc) is 2.73. The third-order valence-corrected chi connectivity index (χ3v) is 4.43. The van der Waals surface area contributed by atoms with Crippen molar-refractivity contribution >= 4 is 23.4 Å². The van der Waals surface area contributed by atoms with Crippen LogP contribution < -0.4 is 5.32 Å². The maximum absolute atomic E-state index is 5.99. The van der Waals surface area contributed by atoms with Gasteiger partial charge in [-0.25, -0.2) is 0 Å². The Hall–Kier alpha value is -0.180. The maximum Gasteiger partial charge on any atom is 0.0435 e. The van der Waals surface area contributed by atoms with E-state index in [-0.39, 0.29) is 0 Å². The normalized spacial score (nSPS) is 20.8. The van der Waals surface area contributed by atoms with Gasteiger partial charge in [0.25, 0.3) is 0 Å². The number of halogens is 1. The minimum Gasteiger partial charge on any atom is -0.316 e. The Morgan fingerprint density at radius 3 is 3.07 bits per heavy atom. The molecule has 1 aromatic rings. The molecule has 1 aliphatic rings. The second-order valence-electron chi connectivity index (χ2n) is 4.08. The number of hydrogen-bond donors (Lipinski definition) is 1. The fraction of sp³-hybridized carbons (Fsp3) is 0.500. The Bertz CT molecular complexity index is 334. The van der Waals surface area contributed by atoms with Crippen LogP contribution in [0.5, 0.6) is 0 Å². The van der Waals surface area contributed by atoms with Crippen molar-refractivity contribution in [2.75, 3.05) is 18.8 Å². The van der Waals surface area contributed by atoms with Crippen molar-refractivity contribution in [3.8, 4) is 0 Å². The Balaban J connectivity index is 1.90. The van der Waals surface area contributed by atoms with Gasteiger partial charge in [0.1, 0.15) is 0 Å². The van der Waals surface area contributed by atoms with Crippen LogP contribution in [0, 0.1) is 12.8 Å². The van der Waals surface area contributed by atoms with E-state index in [1.54, 1.807) is 0 Å². The molecule has 0 spiro atoms. The van der Waals surface area contributed by atoms with Crippen LogP contribution in [0.4, 0.5) is 0 Å². The molecule has 0 aromatic heterocycles. The Kier molecular flexibility index (Phi) is 3.95. The van der Waals surface area contributed by atoms with Crippen LogP contribution in [-0.2, 0) is 0 Å². The predicted octanol–water partition coefficient (Wildman–Crippen LogP) is 3.35. The van der Waals surface area contributed by atoms with Gasteiger partial charge in [0.05, 0.1) is 0 Å². The summed E-state index contributed by atoms with van der Waals surface area (Å²) in [6.45, 7) is 4.42. The highest BCUT2D eigenvalue weighted by Gasteiger charge is 2.14. The van der Waals surface area contributed by atoms with Crippen molar-refractivity contribution in [3.63, 3.8) is 0 Å². The van der Waals surface area contributed by atoms with E-state index in [0.29, 0.717) is 0 Å². The SMILES string of the molecule is Cc1cc(SCC2CCNC2)ccc1Cl. The summed E-state index contributed by atoms with van der Waals surface area (Å²) in [5, 5.41) is 4.26. The van der Waals surface area contributed by atoms with Crippen molar-refractivity contribution in [1.29, 1.82) is 0 Å². The first-order chi connectivity index (χ1) is 7.25. The van der Waals surface area contributed by atoms with Crippen molar-refractivity contribution < 1.29 is 0 Å². The molecule has 2 rings (SSSR count). The largest absolute Gasteiger partial charge is 0.316 e. The first-order valence-electron chi connectivity index (χ1n) is 5.35. The molecule has 1 N–H and O–H groups in total. The summed E-state index contributed by atoms with van der Waals surface area (Å²) in [6, 6.07) is 6.28. The summed E-state index contributed by atoms with van der Waals surface area (Å²) in [7, 11) is 0. The van der Waals surface area contributed by atoms with Gasteiger partial charge >= 0.3 is 0 Å². The molecule has 1 aliphatic heterocycles. The molecule has 82 valence electrons. The van der Waals surface area contributed by atoms with Gasteiger partial charge in [0.2, 0.25) is 0 Å². The van der Waals surface area contributed by atoms with Crippen LogP contribution in [0.2, 0.25) is 5.02 Å². The molecule has 1 unspecified atom stereocenters. The average molecular weight is 242 g/mol. The number of hydrogen-bond acceptors (Lipinski definition) is 2. The molecule has 1 saturated heterocycles. The minimum absolute atomic E-state index is 0.839. The van der Waals surface area contributed by atoms with E-state index in [1.165, 1.54) is 35.7 Å². The summed E-state index contributed by atoms with van der Waals surface area (Å²) < 4.78 is 0. The molecule has 1 aromatic carbocycles. The number of thioether (sulfide) groups is 1. The molecule has 1 fully saturated rings. The maximum atomic E-state index is 5.99. The minimum atomic E-state index is 0.839. The fourth-order valence-electron chi connectivity index (χ4n) is 1.78. The molecule has 0 radical (unpaired) electrons. The number of rotatable bonds is 3. The van der Waals surface area contributed by atoms with E-state index in [2.05, 4.69) is 24.4 Å². The van der Waals surface area contributed by atoms with E-state index in [4.69, 9.17) is 11.6 Å². The second kappa shape index (κ2) is 5.24. The van der Waals surface area contributed by atoms with Gasteiger partial charge in [-0.05, 0) is 56.1 Å². The third kappa shape index (κ3) is 3.13. The lowest BCUT2D eigenvalue weighted by Crippen LogP contribution is -2.10. The zero-order valence-electron chi connectivity index (χ0n) is 8.92. The molecular formula is C12H16ClNS. The van der Waals surface area contributed by atoms with Crippen molar-refractivity contribution in [2.45, 2.75) is 18.2 Å². The van der Waals surface area contributed by atoms with Crippen molar-refractivity contribution in [1.82, 2.24) is 5.32 Å². The van der Waals surface area contributed by atoms with Crippen LogP contribution in [0.25, 0.3) is 0 Å². The first-order valence-corrected chi connectivity index (χ1v) is 6.72. The molecule has 0 aliphatic carbocycles. The molecule has 0 saturated carbocycles. The van der Waals surface area contributed by atoms with E-state index < -0.39 is 0 Å². The lowest BCUT2D eigenvalue weighted by atomic mass is 10.2. The molecule has 0 bridgehead atoms. The molecule has 1 nitrogen and oxygen atoms in total.